The summed E-state index contributed by atoms with van der Waals surface area (Å²) in [5.41, 5.74) is -0.552. The van der Waals surface area contributed by atoms with Crippen molar-refractivity contribution < 1.29 is 22.3 Å². The number of hydrogen-bond donors (Lipinski definition) is 1. The molecule has 1 aromatic rings. The molecule has 2 atom stereocenters. The largest absolute Gasteiger partial charge is 0.465 e. The Bertz CT molecular complexity index is 683. The summed E-state index contributed by atoms with van der Waals surface area (Å²) < 4.78 is 45.5. The maximum atomic E-state index is 14.0. The molecular formula is C14H20ClFN2O4S. The SMILES string of the molecule is COC(=O)c1c(F)cccc1S(=O)(=O)N1CCNC(C)C1C.Cl. The van der Waals surface area contributed by atoms with E-state index in [4.69, 9.17) is 0 Å². The Morgan fingerprint density at radius 1 is 1.39 bits per heavy atom. The summed E-state index contributed by atoms with van der Waals surface area (Å²) in [5.74, 6) is -1.92. The average molecular weight is 367 g/mol. The van der Waals surface area contributed by atoms with Crippen molar-refractivity contribution in [2.75, 3.05) is 20.2 Å². The van der Waals surface area contributed by atoms with Gasteiger partial charge in [0.25, 0.3) is 0 Å². The molecule has 0 saturated carbocycles. The number of methoxy groups -OCH3 is 1. The van der Waals surface area contributed by atoms with Gasteiger partial charge >= 0.3 is 5.97 Å². The first-order chi connectivity index (χ1) is 10.3. The summed E-state index contributed by atoms with van der Waals surface area (Å²) in [4.78, 5) is 11.4. The van der Waals surface area contributed by atoms with Crippen molar-refractivity contribution in [1.29, 1.82) is 0 Å². The van der Waals surface area contributed by atoms with Crippen LogP contribution in [0.1, 0.15) is 24.2 Å². The molecule has 1 aliphatic heterocycles. The Morgan fingerprint density at radius 3 is 2.65 bits per heavy atom. The van der Waals surface area contributed by atoms with Crippen LogP contribution in [0.2, 0.25) is 0 Å². The van der Waals surface area contributed by atoms with Crippen LogP contribution in [-0.2, 0) is 14.8 Å². The second-order valence-electron chi connectivity index (χ2n) is 5.20. The molecule has 0 spiro atoms. The van der Waals surface area contributed by atoms with E-state index in [0.717, 1.165) is 13.2 Å². The van der Waals surface area contributed by atoms with Gasteiger partial charge in [-0.3, -0.25) is 0 Å². The van der Waals surface area contributed by atoms with E-state index in [1.54, 1.807) is 6.92 Å². The number of benzene rings is 1. The molecular weight excluding hydrogens is 347 g/mol. The zero-order valence-electron chi connectivity index (χ0n) is 13.1. The third-order valence-corrected chi connectivity index (χ3v) is 5.96. The maximum absolute atomic E-state index is 14.0. The highest BCUT2D eigenvalue weighted by Crippen LogP contribution is 2.26. The topological polar surface area (TPSA) is 75.7 Å². The van der Waals surface area contributed by atoms with Crippen molar-refractivity contribution in [2.24, 2.45) is 0 Å². The molecule has 0 amide bonds. The lowest BCUT2D eigenvalue weighted by Crippen LogP contribution is -2.57. The number of nitrogens with one attached hydrogen (secondary N) is 1. The van der Waals surface area contributed by atoms with Gasteiger partial charge in [-0.05, 0) is 26.0 Å². The molecule has 2 unspecified atom stereocenters. The standard InChI is InChI=1S/C14H19FN2O4S.ClH/c1-9-10(2)17(8-7-16-9)22(19,20)12-6-4-5-11(15)13(12)14(18)21-3;/h4-6,9-10,16H,7-8H2,1-3H3;1H. The van der Waals surface area contributed by atoms with E-state index in [9.17, 15) is 17.6 Å². The smallest absolute Gasteiger partial charge is 0.342 e. The number of rotatable bonds is 3. The summed E-state index contributed by atoms with van der Waals surface area (Å²) in [7, 11) is -2.92. The predicted octanol–water partition coefficient (Wildman–Crippen LogP) is 1.41. The van der Waals surface area contributed by atoms with E-state index in [0.29, 0.717) is 6.54 Å². The van der Waals surface area contributed by atoms with Crippen molar-refractivity contribution in [3.05, 3.63) is 29.6 Å². The number of sulfonamides is 1. The highest BCUT2D eigenvalue weighted by Gasteiger charge is 2.37. The van der Waals surface area contributed by atoms with Gasteiger partial charge in [0.15, 0.2) is 0 Å². The van der Waals surface area contributed by atoms with Crippen molar-refractivity contribution in [3.63, 3.8) is 0 Å². The molecule has 0 radical (unpaired) electrons. The van der Waals surface area contributed by atoms with Gasteiger partial charge in [0.1, 0.15) is 11.4 Å². The van der Waals surface area contributed by atoms with Gasteiger partial charge < -0.3 is 10.1 Å². The maximum Gasteiger partial charge on any atom is 0.342 e. The highest BCUT2D eigenvalue weighted by atomic mass is 35.5. The fourth-order valence-corrected chi connectivity index (χ4v) is 4.40. The Kier molecular flexibility index (Phi) is 6.52. The third-order valence-electron chi connectivity index (χ3n) is 3.93. The second-order valence-corrected chi connectivity index (χ2v) is 7.06. The van der Waals surface area contributed by atoms with Gasteiger partial charge in [0.2, 0.25) is 10.0 Å². The molecule has 9 heteroatoms. The minimum Gasteiger partial charge on any atom is -0.465 e. The third kappa shape index (κ3) is 3.65. The van der Waals surface area contributed by atoms with Crippen LogP contribution in [0.25, 0.3) is 0 Å². The Balaban J connectivity index is 0.00000264. The molecule has 6 nitrogen and oxygen atoms in total. The molecule has 23 heavy (non-hydrogen) atoms. The van der Waals surface area contributed by atoms with Gasteiger partial charge in [0, 0.05) is 25.2 Å². The zero-order valence-corrected chi connectivity index (χ0v) is 14.7. The number of carbonyl (C=O) groups is 1. The van der Waals surface area contributed by atoms with Gasteiger partial charge in [-0.2, -0.15) is 4.31 Å². The summed E-state index contributed by atoms with van der Waals surface area (Å²) >= 11 is 0. The monoisotopic (exact) mass is 366 g/mol. The van der Waals surface area contributed by atoms with Crippen LogP contribution in [0, 0.1) is 5.82 Å². The van der Waals surface area contributed by atoms with Crippen molar-refractivity contribution in [3.8, 4) is 0 Å². The fraction of sp³-hybridized carbons (Fsp3) is 0.500. The minimum absolute atomic E-state index is 0. The first-order valence-corrected chi connectivity index (χ1v) is 8.36. The van der Waals surface area contributed by atoms with Gasteiger partial charge in [-0.15, -0.1) is 12.4 Å². The van der Waals surface area contributed by atoms with E-state index in [1.165, 1.54) is 16.4 Å². The molecule has 0 aromatic heterocycles. The number of piperazine rings is 1. The quantitative estimate of drug-likeness (QED) is 0.818. The zero-order chi connectivity index (χ0) is 16.5. The molecule has 2 rings (SSSR count). The van der Waals surface area contributed by atoms with Crippen LogP contribution in [-0.4, -0.2) is 51.0 Å². The normalized spacial score (nSPS) is 22.3. The average Bonchev–Trinajstić information content (AvgIpc) is 2.48. The minimum atomic E-state index is -4.00. The highest BCUT2D eigenvalue weighted by molar-refractivity contribution is 7.89. The summed E-state index contributed by atoms with van der Waals surface area (Å²) in [6, 6.07) is 3.18. The number of hydrogen-bond acceptors (Lipinski definition) is 5. The van der Waals surface area contributed by atoms with E-state index >= 15 is 0 Å². The van der Waals surface area contributed by atoms with E-state index in [1.807, 2.05) is 6.92 Å². The first kappa shape index (κ1) is 19.8. The molecule has 1 aliphatic rings. The summed E-state index contributed by atoms with van der Waals surface area (Å²) in [5, 5.41) is 3.17. The molecule has 130 valence electrons. The van der Waals surface area contributed by atoms with Crippen LogP contribution in [0.15, 0.2) is 23.1 Å². The predicted molar refractivity (Wildman–Crippen MR) is 85.8 cm³/mol. The van der Waals surface area contributed by atoms with Crippen LogP contribution >= 0.6 is 12.4 Å². The number of ether oxygens (including phenoxy) is 1. The number of halogens is 2. The number of esters is 1. The summed E-state index contributed by atoms with van der Waals surface area (Å²) in [6.45, 7) is 4.39. The first-order valence-electron chi connectivity index (χ1n) is 6.92. The number of carbonyl (C=O) groups excluding carboxylic acids is 1. The second kappa shape index (κ2) is 7.57. The van der Waals surface area contributed by atoms with Crippen LogP contribution in [0.4, 0.5) is 4.39 Å². The van der Waals surface area contributed by atoms with Crippen LogP contribution in [0.3, 0.4) is 0 Å². The molecule has 1 N–H and O–H groups in total. The molecule has 0 aliphatic carbocycles. The van der Waals surface area contributed by atoms with Crippen LogP contribution < -0.4 is 5.32 Å². The lowest BCUT2D eigenvalue weighted by molar-refractivity contribution is 0.0590. The number of nitrogens with zero attached hydrogens (tertiary/aromatic N) is 1. The van der Waals surface area contributed by atoms with Crippen molar-refractivity contribution in [1.82, 2.24) is 9.62 Å². The van der Waals surface area contributed by atoms with Gasteiger partial charge in [-0.1, -0.05) is 6.07 Å². The van der Waals surface area contributed by atoms with Gasteiger partial charge in [-0.25, -0.2) is 17.6 Å². The molecule has 1 heterocycles. The molecule has 1 aromatic carbocycles. The Hall–Kier alpha value is -1.22. The summed E-state index contributed by atoms with van der Waals surface area (Å²) in [6.07, 6.45) is 0. The lowest BCUT2D eigenvalue weighted by atomic mass is 10.1. The van der Waals surface area contributed by atoms with E-state index < -0.39 is 27.4 Å². The lowest BCUT2D eigenvalue weighted by Gasteiger charge is -2.37. The molecule has 1 saturated heterocycles. The Morgan fingerprint density at radius 2 is 2.04 bits per heavy atom. The van der Waals surface area contributed by atoms with Crippen LogP contribution in [0.5, 0.6) is 0 Å². The van der Waals surface area contributed by atoms with Gasteiger partial charge in [0.05, 0.1) is 12.0 Å². The molecule has 1 fully saturated rings. The van der Waals surface area contributed by atoms with E-state index in [2.05, 4.69) is 10.1 Å². The van der Waals surface area contributed by atoms with Crippen molar-refractivity contribution in [2.45, 2.75) is 30.8 Å². The van der Waals surface area contributed by atoms with E-state index in [-0.39, 0.29) is 35.9 Å². The fourth-order valence-electron chi connectivity index (χ4n) is 2.51. The Labute approximate surface area is 141 Å². The van der Waals surface area contributed by atoms with Crippen molar-refractivity contribution >= 4 is 28.4 Å². The molecule has 0 bridgehead atoms.